The van der Waals surface area contributed by atoms with Crippen LogP contribution >= 0.6 is 11.6 Å². The molecule has 21 heavy (non-hydrogen) atoms. The maximum Gasteiger partial charge on any atom is 0.311 e. The lowest BCUT2D eigenvalue weighted by atomic mass is 9.90. The van der Waals surface area contributed by atoms with Gasteiger partial charge < -0.3 is 14.7 Å². The summed E-state index contributed by atoms with van der Waals surface area (Å²) in [6.07, 6.45) is 0.466. The topological polar surface area (TPSA) is 66.8 Å². The van der Waals surface area contributed by atoms with Crippen LogP contribution in [-0.4, -0.2) is 41.6 Å². The molecule has 1 fully saturated rings. The predicted octanol–water partition coefficient (Wildman–Crippen LogP) is 2.35. The maximum atomic E-state index is 12.1. The van der Waals surface area contributed by atoms with Crippen LogP contribution in [0.15, 0.2) is 18.2 Å². The molecule has 0 aromatic heterocycles. The molecule has 1 amide bonds. The van der Waals surface area contributed by atoms with Crippen LogP contribution in [0.4, 0.5) is 0 Å². The molecule has 1 saturated heterocycles. The summed E-state index contributed by atoms with van der Waals surface area (Å²) in [6, 6.07) is 5.18. The van der Waals surface area contributed by atoms with E-state index in [1.807, 2.05) is 6.92 Å². The van der Waals surface area contributed by atoms with Crippen molar-refractivity contribution in [2.24, 2.45) is 5.41 Å². The van der Waals surface area contributed by atoms with E-state index in [9.17, 15) is 9.59 Å². The van der Waals surface area contributed by atoms with E-state index in [0.717, 1.165) is 5.56 Å². The van der Waals surface area contributed by atoms with Crippen molar-refractivity contribution < 1.29 is 19.4 Å². The molecular weight excluding hydrogens is 294 g/mol. The number of carboxylic acid groups (broad SMARTS) is 1. The summed E-state index contributed by atoms with van der Waals surface area (Å²) in [5.41, 5.74) is 0.0215. The zero-order valence-corrected chi connectivity index (χ0v) is 12.8. The fourth-order valence-electron chi connectivity index (χ4n) is 2.29. The molecule has 1 aliphatic rings. The van der Waals surface area contributed by atoms with Gasteiger partial charge in [-0.15, -0.1) is 0 Å². The Morgan fingerprint density at radius 1 is 1.48 bits per heavy atom. The average molecular weight is 312 g/mol. The smallest absolute Gasteiger partial charge is 0.311 e. The normalized spacial score (nSPS) is 21.4. The molecule has 0 spiro atoms. The Kier molecular flexibility index (Phi) is 4.42. The van der Waals surface area contributed by atoms with Crippen molar-refractivity contribution in [2.75, 3.05) is 19.7 Å². The fourth-order valence-corrected chi connectivity index (χ4v) is 2.41. The van der Waals surface area contributed by atoms with Crippen LogP contribution in [0.2, 0.25) is 5.02 Å². The third-order valence-electron chi connectivity index (χ3n) is 3.83. The van der Waals surface area contributed by atoms with E-state index >= 15 is 0 Å². The number of amides is 1. The van der Waals surface area contributed by atoms with E-state index in [0.29, 0.717) is 23.7 Å². The number of nitrogens with zero attached hydrogens (tertiary/aromatic N) is 1. The zero-order chi connectivity index (χ0) is 15.6. The van der Waals surface area contributed by atoms with Gasteiger partial charge in [-0.3, -0.25) is 9.59 Å². The number of aryl methyl sites for hydroxylation is 1. The van der Waals surface area contributed by atoms with Gasteiger partial charge in [-0.1, -0.05) is 11.6 Å². The number of hydrogen-bond donors (Lipinski definition) is 1. The number of halogens is 1. The average Bonchev–Trinajstić information content (AvgIpc) is 2.84. The van der Waals surface area contributed by atoms with Crippen LogP contribution < -0.4 is 4.74 Å². The first-order chi connectivity index (χ1) is 9.82. The van der Waals surface area contributed by atoms with E-state index in [1.165, 1.54) is 4.90 Å². The molecule has 6 heteroatoms. The summed E-state index contributed by atoms with van der Waals surface area (Å²) in [4.78, 5) is 24.8. The number of carboxylic acids is 1. The number of benzene rings is 1. The molecule has 0 bridgehead atoms. The lowest BCUT2D eigenvalue weighted by Crippen LogP contribution is -2.37. The minimum absolute atomic E-state index is 0.100. The van der Waals surface area contributed by atoms with Gasteiger partial charge in [-0.2, -0.15) is 0 Å². The predicted molar refractivity (Wildman–Crippen MR) is 78.6 cm³/mol. The summed E-state index contributed by atoms with van der Waals surface area (Å²) >= 11 is 5.92. The van der Waals surface area contributed by atoms with Crippen LogP contribution in [0.3, 0.4) is 0 Å². The van der Waals surface area contributed by atoms with Crippen molar-refractivity contribution in [1.82, 2.24) is 4.90 Å². The molecule has 1 heterocycles. The van der Waals surface area contributed by atoms with Crippen LogP contribution in [-0.2, 0) is 9.59 Å². The molecule has 114 valence electrons. The van der Waals surface area contributed by atoms with Crippen molar-refractivity contribution in [3.63, 3.8) is 0 Å². The number of carbonyl (C=O) groups excluding carboxylic acids is 1. The minimum Gasteiger partial charge on any atom is -0.484 e. The first-order valence-electron chi connectivity index (χ1n) is 6.72. The van der Waals surface area contributed by atoms with E-state index < -0.39 is 11.4 Å². The highest BCUT2D eigenvalue weighted by atomic mass is 35.5. The standard InChI is InChI=1S/C15H18ClNO4/c1-10-7-11(3-4-12(10)16)21-8-13(18)17-6-5-15(2,9-17)14(19)20/h3-4,7H,5-6,8-9H2,1-2H3,(H,19,20). The van der Waals surface area contributed by atoms with Gasteiger partial charge in [0.05, 0.1) is 5.41 Å². The summed E-state index contributed by atoms with van der Waals surface area (Å²) in [5.74, 6) is -0.495. The molecular formula is C15H18ClNO4. The lowest BCUT2D eigenvalue weighted by Gasteiger charge is -2.20. The van der Waals surface area contributed by atoms with Gasteiger partial charge in [0.2, 0.25) is 0 Å². The van der Waals surface area contributed by atoms with Gasteiger partial charge in [0.1, 0.15) is 5.75 Å². The molecule has 0 radical (unpaired) electrons. The monoisotopic (exact) mass is 311 g/mol. The van der Waals surface area contributed by atoms with Crippen LogP contribution in [0.1, 0.15) is 18.9 Å². The van der Waals surface area contributed by atoms with Crippen molar-refractivity contribution in [3.8, 4) is 5.75 Å². The fraction of sp³-hybridized carbons (Fsp3) is 0.467. The summed E-state index contributed by atoms with van der Waals surface area (Å²) < 4.78 is 5.45. The number of carbonyl (C=O) groups is 2. The highest BCUT2D eigenvalue weighted by Crippen LogP contribution is 2.30. The van der Waals surface area contributed by atoms with E-state index in [1.54, 1.807) is 25.1 Å². The van der Waals surface area contributed by atoms with Crippen molar-refractivity contribution in [3.05, 3.63) is 28.8 Å². The zero-order valence-electron chi connectivity index (χ0n) is 12.1. The second-order valence-corrected chi connectivity index (χ2v) is 6.04. The van der Waals surface area contributed by atoms with Crippen molar-refractivity contribution >= 4 is 23.5 Å². The Balaban J connectivity index is 1.91. The van der Waals surface area contributed by atoms with E-state index in [4.69, 9.17) is 21.4 Å². The number of hydrogen-bond acceptors (Lipinski definition) is 3. The second kappa shape index (κ2) is 5.93. The third-order valence-corrected chi connectivity index (χ3v) is 4.26. The molecule has 5 nitrogen and oxygen atoms in total. The molecule has 1 aromatic carbocycles. The summed E-state index contributed by atoms with van der Waals surface area (Å²) in [5, 5.41) is 9.80. The molecule has 1 N–H and O–H groups in total. The molecule has 2 rings (SSSR count). The van der Waals surface area contributed by atoms with Gasteiger partial charge >= 0.3 is 5.97 Å². The van der Waals surface area contributed by atoms with Gasteiger partial charge in [-0.05, 0) is 44.0 Å². The summed E-state index contributed by atoms with van der Waals surface area (Å²) in [6.45, 7) is 4.09. The molecule has 0 aliphatic carbocycles. The SMILES string of the molecule is Cc1cc(OCC(=O)N2CCC(C)(C(=O)O)C2)ccc1Cl. The number of ether oxygens (including phenoxy) is 1. The Labute approximate surface area is 128 Å². The largest absolute Gasteiger partial charge is 0.484 e. The molecule has 1 aliphatic heterocycles. The van der Waals surface area contributed by atoms with E-state index in [2.05, 4.69) is 0 Å². The minimum atomic E-state index is -0.868. The summed E-state index contributed by atoms with van der Waals surface area (Å²) in [7, 11) is 0. The van der Waals surface area contributed by atoms with E-state index in [-0.39, 0.29) is 19.1 Å². The Morgan fingerprint density at radius 2 is 2.19 bits per heavy atom. The van der Waals surface area contributed by atoms with Gasteiger partial charge in [0.15, 0.2) is 6.61 Å². The first kappa shape index (κ1) is 15.6. The van der Waals surface area contributed by atoms with Gasteiger partial charge in [0, 0.05) is 18.1 Å². The second-order valence-electron chi connectivity index (χ2n) is 5.63. The molecule has 1 atom stereocenters. The van der Waals surface area contributed by atoms with Crippen LogP contribution in [0, 0.1) is 12.3 Å². The molecule has 1 unspecified atom stereocenters. The first-order valence-corrected chi connectivity index (χ1v) is 7.10. The van der Waals surface area contributed by atoms with Crippen LogP contribution in [0.25, 0.3) is 0 Å². The number of likely N-dealkylation sites (tertiary alicyclic amines) is 1. The maximum absolute atomic E-state index is 12.1. The molecule has 0 saturated carbocycles. The Morgan fingerprint density at radius 3 is 2.76 bits per heavy atom. The van der Waals surface area contributed by atoms with Crippen LogP contribution in [0.5, 0.6) is 5.75 Å². The van der Waals surface area contributed by atoms with Gasteiger partial charge in [0.25, 0.3) is 5.91 Å². The molecule has 1 aromatic rings. The van der Waals surface area contributed by atoms with Gasteiger partial charge in [-0.25, -0.2) is 0 Å². The van der Waals surface area contributed by atoms with Crippen molar-refractivity contribution in [2.45, 2.75) is 20.3 Å². The quantitative estimate of drug-likeness (QED) is 0.927. The number of aliphatic carboxylic acids is 1. The highest BCUT2D eigenvalue weighted by Gasteiger charge is 2.42. The lowest BCUT2D eigenvalue weighted by molar-refractivity contribution is -0.147. The highest BCUT2D eigenvalue weighted by molar-refractivity contribution is 6.31. The Bertz CT molecular complexity index is 575. The third kappa shape index (κ3) is 3.47. The van der Waals surface area contributed by atoms with Crippen molar-refractivity contribution in [1.29, 1.82) is 0 Å². The number of rotatable bonds is 4. The Hall–Kier alpha value is -1.75.